The van der Waals surface area contributed by atoms with Crippen molar-refractivity contribution in [2.45, 2.75) is 52.0 Å². The predicted octanol–water partition coefficient (Wildman–Crippen LogP) is 1.79. The number of carbonyl (C=O) groups is 1. The van der Waals surface area contributed by atoms with Crippen LogP contribution in [0.25, 0.3) is 0 Å². The van der Waals surface area contributed by atoms with E-state index in [0.29, 0.717) is 0 Å². The normalized spacial score (nSPS) is 24.4. The van der Waals surface area contributed by atoms with E-state index in [-0.39, 0.29) is 16.9 Å². The van der Waals surface area contributed by atoms with E-state index >= 15 is 0 Å². The summed E-state index contributed by atoms with van der Waals surface area (Å²) in [5.74, 6) is 0.159. The molecule has 1 saturated carbocycles. The van der Waals surface area contributed by atoms with Gasteiger partial charge in [-0.15, -0.1) is 0 Å². The van der Waals surface area contributed by atoms with E-state index in [1.54, 1.807) is 0 Å². The Labute approximate surface area is 116 Å². The maximum Gasteiger partial charge on any atom is 0.225 e. The van der Waals surface area contributed by atoms with E-state index in [9.17, 15) is 4.79 Å². The lowest BCUT2D eigenvalue weighted by atomic mass is 9.91. The van der Waals surface area contributed by atoms with E-state index in [1.165, 1.54) is 25.7 Å². The van der Waals surface area contributed by atoms with Crippen LogP contribution in [0, 0.1) is 5.41 Å². The Morgan fingerprint density at radius 1 is 1.21 bits per heavy atom. The molecule has 0 aromatic heterocycles. The Morgan fingerprint density at radius 2 is 1.79 bits per heavy atom. The molecule has 4 heteroatoms. The monoisotopic (exact) mass is 268 g/mol. The number of morpholine rings is 1. The summed E-state index contributed by atoms with van der Waals surface area (Å²) in [7, 11) is 0. The lowest BCUT2D eigenvalue weighted by Crippen LogP contribution is -2.58. The van der Waals surface area contributed by atoms with Crippen molar-refractivity contribution < 1.29 is 9.53 Å². The van der Waals surface area contributed by atoms with Gasteiger partial charge in [0, 0.05) is 30.6 Å². The maximum atomic E-state index is 12.1. The highest BCUT2D eigenvalue weighted by molar-refractivity contribution is 5.81. The third kappa shape index (κ3) is 3.48. The molecule has 0 aromatic carbocycles. The minimum atomic E-state index is -0.301. The first-order valence-electron chi connectivity index (χ1n) is 7.55. The lowest BCUT2D eigenvalue weighted by molar-refractivity contribution is -0.129. The highest BCUT2D eigenvalue weighted by atomic mass is 16.5. The van der Waals surface area contributed by atoms with Crippen molar-refractivity contribution in [3.63, 3.8) is 0 Å². The molecule has 0 radical (unpaired) electrons. The zero-order valence-corrected chi connectivity index (χ0v) is 12.6. The summed E-state index contributed by atoms with van der Waals surface area (Å²) >= 11 is 0. The van der Waals surface area contributed by atoms with Gasteiger partial charge in [-0.1, -0.05) is 33.6 Å². The second-order valence-electron chi connectivity index (χ2n) is 6.96. The van der Waals surface area contributed by atoms with Crippen LogP contribution in [0.3, 0.4) is 0 Å². The van der Waals surface area contributed by atoms with Crippen LogP contribution in [0.4, 0.5) is 0 Å². The van der Waals surface area contributed by atoms with Gasteiger partial charge in [-0.3, -0.25) is 9.69 Å². The number of nitrogens with zero attached hydrogens (tertiary/aromatic N) is 1. The summed E-state index contributed by atoms with van der Waals surface area (Å²) in [6.45, 7) is 10.4. The van der Waals surface area contributed by atoms with Crippen LogP contribution in [-0.4, -0.2) is 49.2 Å². The topological polar surface area (TPSA) is 41.6 Å². The van der Waals surface area contributed by atoms with Gasteiger partial charge >= 0.3 is 0 Å². The Hall–Kier alpha value is -0.610. The third-order valence-corrected chi connectivity index (χ3v) is 4.48. The molecule has 1 heterocycles. The predicted molar refractivity (Wildman–Crippen MR) is 76.1 cm³/mol. The molecule has 1 N–H and O–H groups in total. The Balaban J connectivity index is 1.97. The molecule has 1 aliphatic heterocycles. The van der Waals surface area contributed by atoms with Gasteiger partial charge in [0.25, 0.3) is 0 Å². The maximum absolute atomic E-state index is 12.1. The average molecular weight is 268 g/mol. The van der Waals surface area contributed by atoms with Crippen LogP contribution in [-0.2, 0) is 9.53 Å². The molecule has 0 spiro atoms. The summed E-state index contributed by atoms with van der Waals surface area (Å²) in [5, 5.41) is 3.18. The van der Waals surface area contributed by atoms with E-state index < -0.39 is 0 Å². The molecule has 110 valence electrons. The van der Waals surface area contributed by atoms with Gasteiger partial charge in [-0.05, 0) is 12.8 Å². The van der Waals surface area contributed by atoms with Crippen molar-refractivity contribution in [2.24, 2.45) is 5.41 Å². The Bertz CT molecular complexity index is 311. The molecule has 19 heavy (non-hydrogen) atoms. The molecule has 4 nitrogen and oxygen atoms in total. The second-order valence-corrected chi connectivity index (χ2v) is 6.96. The molecule has 2 fully saturated rings. The Kier molecular flexibility index (Phi) is 4.51. The molecule has 2 aliphatic rings. The number of amides is 1. The standard InChI is InChI=1S/C15H28N2O2/c1-14(2,3)13(18)16-12-15(6-4-5-7-15)17-8-10-19-11-9-17/h4-12H2,1-3H3,(H,16,18). The minimum absolute atomic E-state index is 0.159. The van der Waals surface area contributed by atoms with Crippen molar-refractivity contribution in [3.8, 4) is 0 Å². The Morgan fingerprint density at radius 3 is 2.32 bits per heavy atom. The van der Waals surface area contributed by atoms with Gasteiger partial charge in [0.2, 0.25) is 5.91 Å². The van der Waals surface area contributed by atoms with Crippen molar-refractivity contribution in [1.82, 2.24) is 10.2 Å². The highest BCUT2D eigenvalue weighted by Gasteiger charge is 2.40. The minimum Gasteiger partial charge on any atom is -0.379 e. The first kappa shape index (κ1) is 14.8. The summed E-state index contributed by atoms with van der Waals surface area (Å²) in [5.41, 5.74) is -0.116. The third-order valence-electron chi connectivity index (χ3n) is 4.48. The first-order valence-corrected chi connectivity index (χ1v) is 7.55. The van der Waals surface area contributed by atoms with Gasteiger partial charge in [-0.2, -0.15) is 0 Å². The molecular formula is C15H28N2O2. The zero-order chi connectivity index (χ0) is 13.9. The van der Waals surface area contributed by atoms with Crippen LogP contribution in [0.15, 0.2) is 0 Å². The molecule has 0 unspecified atom stereocenters. The van der Waals surface area contributed by atoms with Crippen LogP contribution in [0.1, 0.15) is 46.5 Å². The van der Waals surface area contributed by atoms with Crippen molar-refractivity contribution in [1.29, 1.82) is 0 Å². The number of carbonyl (C=O) groups excluding carboxylic acids is 1. The largest absolute Gasteiger partial charge is 0.379 e. The zero-order valence-electron chi connectivity index (χ0n) is 12.6. The van der Waals surface area contributed by atoms with Gasteiger partial charge in [0.1, 0.15) is 0 Å². The SMILES string of the molecule is CC(C)(C)C(=O)NCC1(N2CCOCC2)CCCC1. The first-order chi connectivity index (χ1) is 8.94. The number of hydrogen-bond acceptors (Lipinski definition) is 3. The number of nitrogens with one attached hydrogen (secondary N) is 1. The summed E-state index contributed by atoms with van der Waals surface area (Å²) < 4.78 is 5.46. The van der Waals surface area contributed by atoms with E-state index in [0.717, 1.165) is 32.8 Å². The fourth-order valence-electron chi connectivity index (χ4n) is 3.19. The van der Waals surface area contributed by atoms with Crippen molar-refractivity contribution >= 4 is 5.91 Å². The van der Waals surface area contributed by atoms with Gasteiger partial charge in [0.05, 0.1) is 13.2 Å². The summed E-state index contributed by atoms with van der Waals surface area (Å²) in [6, 6.07) is 0. The number of rotatable bonds is 3. The van der Waals surface area contributed by atoms with Crippen LogP contribution < -0.4 is 5.32 Å². The van der Waals surface area contributed by atoms with Crippen LogP contribution in [0.2, 0.25) is 0 Å². The van der Waals surface area contributed by atoms with Crippen LogP contribution >= 0.6 is 0 Å². The molecule has 1 amide bonds. The second kappa shape index (κ2) is 5.80. The highest BCUT2D eigenvalue weighted by Crippen LogP contribution is 2.35. The molecule has 0 bridgehead atoms. The molecule has 0 aromatic rings. The fourth-order valence-corrected chi connectivity index (χ4v) is 3.19. The van der Waals surface area contributed by atoms with Gasteiger partial charge in [0.15, 0.2) is 0 Å². The van der Waals surface area contributed by atoms with Crippen LogP contribution in [0.5, 0.6) is 0 Å². The summed E-state index contributed by atoms with van der Waals surface area (Å²) in [4.78, 5) is 14.6. The van der Waals surface area contributed by atoms with E-state index in [2.05, 4.69) is 10.2 Å². The van der Waals surface area contributed by atoms with Crippen molar-refractivity contribution in [3.05, 3.63) is 0 Å². The van der Waals surface area contributed by atoms with Crippen molar-refractivity contribution in [2.75, 3.05) is 32.8 Å². The smallest absolute Gasteiger partial charge is 0.225 e. The molecular weight excluding hydrogens is 240 g/mol. The molecule has 2 rings (SSSR count). The van der Waals surface area contributed by atoms with Gasteiger partial charge in [-0.25, -0.2) is 0 Å². The molecule has 1 saturated heterocycles. The summed E-state index contributed by atoms with van der Waals surface area (Å²) in [6.07, 6.45) is 4.97. The number of hydrogen-bond donors (Lipinski definition) is 1. The quantitative estimate of drug-likeness (QED) is 0.848. The van der Waals surface area contributed by atoms with E-state index in [4.69, 9.17) is 4.74 Å². The molecule has 1 aliphatic carbocycles. The van der Waals surface area contributed by atoms with Gasteiger partial charge < -0.3 is 10.1 Å². The van der Waals surface area contributed by atoms with E-state index in [1.807, 2.05) is 20.8 Å². The molecule has 0 atom stereocenters. The lowest BCUT2D eigenvalue weighted by Gasteiger charge is -2.43. The number of ether oxygens (including phenoxy) is 1. The average Bonchev–Trinajstić information content (AvgIpc) is 2.86. The fraction of sp³-hybridized carbons (Fsp3) is 0.933.